The van der Waals surface area contributed by atoms with Gasteiger partial charge in [0.15, 0.2) is 9.34 Å². The van der Waals surface area contributed by atoms with Gasteiger partial charge in [0.2, 0.25) is 0 Å². The minimum Gasteiger partial charge on any atom is -0.365 e. The number of sulfonamides is 1. The lowest BCUT2D eigenvalue weighted by Gasteiger charge is -1.97. The minimum atomic E-state index is -3.35. The summed E-state index contributed by atoms with van der Waals surface area (Å²) in [5.41, 5.74) is 0.517. The number of anilines is 1. The number of aromatic nitrogens is 1. The standard InChI is InChI=1S/C6H11N3O2S2/c1-4-5(13(10,11)8-3)12-6(7-2)9-4/h8H,1-3H3,(H,7,9). The predicted octanol–water partition coefficient (Wildman–Crippen LogP) is 0.401. The van der Waals surface area contributed by atoms with E-state index >= 15 is 0 Å². The summed E-state index contributed by atoms with van der Waals surface area (Å²) in [5, 5.41) is 3.40. The molecule has 0 amide bonds. The third-order valence-electron chi connectivity index (χ3n) is 1.48. The topological polar surface area (TPSA) is 71.1 Å². The highest BCUT2D eigenvalue weighted by Crippen LogP contribution is 2.25. The van der Waals surface area contributed by atoms with Gasteiger partial charge in [-0.2, -0.15) is 0 Å². The van der Waals surface area contributed by atoms with Gasteiger partial charge in [0.1, 0.15) is 0 Å². The first-order valence-electron chi connectivity index (χ1n) is 3.60. The van der Waals surface area contributed by atoms with Gasteiger partial charge >= 0.3 is 0 Å². The van der Waals surface area contributed by atoms with Gasteiger partial charge in [-0.25, -0.2) is 18.1 Å². The molecule has 0 bridgehead atoms. The molecule has 0 aliphatic carbocycles. The summed E-state index contributed by atoms with van der Waals surface area (Å²) in [6.07, 6.45) is 0. The van der Waals surface area contributed by atoms with Crippen LogP contribution >= 0.6 is 11.3 Å². The Kier molecular flexibility index (Phi) is 2.89. The van der Waals surface area contributed by atoms with Crippen LogP contribution in [0.2, 0.25) is 0 Å². The van der Waals surface area contributed by atoms with E-state index < -0.39 is 10.0 Å². The second-order valence-electron chi connectivity index (χ2n) is 2.35. The monoisotopic (exact) mass is 221 g/mol. The molecule has 0 atom stereocenters. The maximum atomic E-state index is 11.4. The normalized spacial score (nSPS) is 11.6. The molecule has 0 spiro atoms. The van der Waals surface area contributed by atoms with Crippen molar-refractivity contribution in [2.75, 3.05) is 19.4 Å². The first-order valence-corrected chi connectivity index (χ1v) is 5.90. The van der Waals surface area contributed by atoms with Gasteiger partial charge in [0.25, 0.3) is 10.0 Å². The van der Waals surface area contributed by atoms with Gasteiger partial charge in [-0.15, -0.1) is 0 Å². The zero-order valence-electron chi connectivity index (χ0n) is 7.58. The summed E-state index contributed by atoms with van der Waals surface area (Å²) in [5.74, 6) is 0. The molecular formula is C6H11N3O2S2. The average Bonchev–Trinajstić information content (AvgIpc) is 2.47. The largest absolute Gasteiger partial charge is 0.365 e. The van der Waals surface area contributed by atoms with Crippen LogP contribution in [0.1, 0.15) is 5.69 Å². The minimum absolute atomic E-state index is 0.263. The molecule has 0 aliphatic heterocycles. The van der Waals surface area contributed by atoms with E-state index in [-0.39, 0.29) is 4.21 Å². The molecule has 1 heterocycles. The summed E-state index contributed by atoms with van der Waals surface area (Å²) in [6.45, 7) is 1.67. The van der Waals surface area contributed by atoms with Crippen LogP contribution in [0, 0.1) is 6.92 Å². The van der Waals surface area contributed by atoms with Crippen LogP contribution in [0.15, 0.2) is 4.21 Å². The molecule has 13 heavy (non-hydrogen) atoms. The number of nitrogens with zero attached hydrogens (tertiary/aromatic N) is 1. The van der Waals surface area contributed by atoms with E-state index in [9.17, 15) is 8.42 Å². The SMILES string of the molecule is CNc1nc(C)c(S(=O)(=O)NC)s1. The molecule has 7 heteroatoms. The second-order valence-corrected chi connectivity index (χ2v) is 5.43. The highest BCUT2D eigenvalue weighted by Gasteiger charge is 2.19. The predicted molar refractivity (Wildman–Crippen MR) is 52.6 cm³/mol. The lowest BCUT2D eigenvalue weighted by molar-refractivity contribution is 0.589. The first-order chi connectivity index (χ1) is 6.01. The fourth-order valence-corrected chi connectivity index (χ4v) is 3.03. The van der Waals surface area contributed by atoms with Crippen LogP contribution in [-0.2, 0) is 10.0 Å². The van der Waals surface area contributed by atoms with Crippen molar-refractivity contribution in [1.29, 1.82) is 0 Å². The number of hydrogen-bond donors (Lipinski definition) is 2. The zero-order chi connectivity index (χ0) is 10.1. The molecule has 0 radical (unpaired) electrons. The van der Waals surface area contributed by atoms with Crippen molar-refractivity contribution >= 4 is 26.5 Å². The van der Waals surface area contributed by atoms with Crippen molar-refractivity contribution in [2.24, 2.45) is 0 Å². The van der Waals surface area contributed by atoms with Crippen LogP contribution in [-0.4, -0.2) is 27.5 Å². The van der Waals surface area contributed by atoms with E-state index in [1.165, 1.54) is 7.05 Å². The van der Waals surface area contributed by atoms with Gasteiger partial charge < -0.3 is 5.32 Å². The van der Waals surface area contributed by atoms with Gasteiger partial charge in [0.05, 0.1) is 5.69 Å². The molecule has 0 aliphatic rings. The molecule has 1 aromatic rings. The van der Waals surface area contributed by atoms with Crippen molar-refractivity contribution in [3.05, 3.63) is 5.69 Å². The third kappa shape index (κ3) is 1.98. The van der Waals surface area contributed by atoms with Crippen LogP contribution < -0.4 is 10.0 Å². The van der Waals surface area contributed by atoms with Crippen LogP contribution in [0.25, 0.3) is 0 Å². The molecule has 0 unspecified atom stereocenters. The van der Waals surface area contributed by atoms with E-state index in [2.05, 4.69) is 15.0 Å². The maximum absolute atomic E-state index is 11.4. The Bertz CT molecular complexity index is 396. The summed E-state index contributed by atoms with van der Waals surface area (Å²) in [4.78, 5) is 4.03. The average molecular weight is 221 g/mol. The number of hydrogen-bond acceptors (Lipinski definition) is 5. The number of nitrogens with one attached hydrogen (secondary N) is 2. The fraction of sp³-hybridized carbons (Fsp3) is 0.500. The van der Waals surface area contributed by atoms with Crippen molar-refractivity contribution < 1.29 is 8.42 Å². The molecule has 5 nitrogen and oxygen atoms in total. The Morgan fingerprint density at radius 1 is 1.38 bits per heavy atom. The van der Waals surface area contributed by atoms with Crippen LogP contribution in [0.5, 0.6) is 0 Å². The summed E-state index contributed by atoms with van der Waals surface area (Å²) in [6, 6.07) is 0. The van der Waals surface area contributed by atoms with Gasteiger partial charge in [0, 0.05) is 7.05 Å². The van der Waals surface area contributed by atoms with E-state index in [0.29, 0.717) is 10.8 Å². The summed E-state index contributed by atoms with van der Waals surface area (Å²) < 4.78 is 25.3. The fourth-order valence-electron chi connectivity index (χ4n) is 0.831. The van der Waals surface area contributed by atoms with Crippen LogP contribution in [0.3, 0.4) is 0 Å². The summed E-state index contributed by atoms with van der Waals surface area (Å²) >= 11 is 1.12. The summed E-state index contributed by atoms with van der Waals surface area (Å²) in [7, 11) is -0.267. The number of thiazole rings is 1. The second kappa shape index (κ2) is 3.60. The highest BCUT2D eigenvalue weighted by atomic mass is 32.2. The lowest BCUT2D eigenvalue weighted by atomic mass is 10.6. The molecule has 2 N–H and O–H groups in total. The third-order valence-corrected chi connectivity index (χ3v) is 4.68. The van der Waals surface area contributed by atoms with Crippen LogP contribution in [0.4, 0.5) is 5.13 Å². The van der Waals surface area contributed by atoms with Crippen molar-refractivity contribution in [2.45, 2.75) is 11.1 Å². The Morgan fingerprint density at radius 3 is 2.38 bits per heavy atom. The Balaban J connectivity index is 3.23. The van der Waals surface area contributed by atoms with Gasteiger partial charge in [-0.3, -0.25) is 0 Å². The Morgan fingerprint density at radius 2 is 2.00 bits per heavy atom. The van der Waals surface area contributed by atoms with E-state index in [0.717, 1.165) is 11.3 Å². The van der Waals surface area contributed by atoms with Crippen molar-refractivity contribution in [3.8, 4) is 0 Å². The quantitative estimate of drug-likeness (QED) is 0.775. The lowest BCUT2D eigenvalue weighted by Crippen LogP contribution is -2.18. The number of rotatable bonds is 3. The van der Waals surface area contributed by atoms with E-state index in [4.69, 9.17) is 0 Å². The van der Waals surface area contributed by atoms with Crippen molar-refractivity contribution in [3.63, 3.8) is 0 Å². The molecule has 74 valence electrons. The molecule has 0 saturated carbocycles. The smallest absolute Gasteiger partial charge is 0.251 e. The molecule has 1 aromatic heterocycles. The zero-order valence-corrected chi connectivity index (χ0v) is 9.21. The highest BCUT2D eigenvalue weighted by molar-refractivity contribution is 7.91. The van der Waals surface area contributed by atoms with E-state index in [1.807, 2.05) is 0 Å². The van der Waals surface area contributed by atoms with E-state index in [1.54, 1.807) is 14.0 Å². The Labute approximate surface area is 81.2 Å². The van der Waals surface area contributed by atoms with Crippen molar-refractivity contribution in [1.82, 2.24) is 9.71 Å². The molecule has 0 aromatic carbocycles. The molecule has 0 saturated heterocycles. The molecule has 1 rings (SSSR count). The first kappa shape index (κ1) is 10.4. The van der Waals surface area contributed by atoms with Gasteiger partial charge in [-0.1, -0.05) is 11.3 Å². The Hall–Kier alpha value is -0.660. The molecule has 0 fully saturated rings. The maximum Gasteiger partial charge on any atom is 0.251 e. The molecular weight excluding hydrogens is 210 g/mol. The van der Waals surface area contributed by atoms with Gasteiger partial charge in [-0.05, 0) is 14.0 Å². The number of aryl methyl sites for hydroxylation is 1.